The quantitative estimate of drug-likeness (QED) is 0.763. The highest BCUT2D eigenvalue weighted by molar-refractivity contribution is 5.19. The summed E-state index contributed by atoms with van der Waals surface area (Å²) >= 11 is 0. The summed E-state index contributed by atoms with van der Waals surface area (Å²) in [7, 11) is 0. The lowest BCUT2D eigenvalue weighted by molar-refractivity contribution is -0.272. The summed E-state index contributed by atoms with van der Waals surface area (Å²) in [6.45, 7) is 8.14. The molecule has 0 aliphatic carbocycles. The van der Waals surface area contributed by atoms with E-state index in [1.54, 1.807) is 0 Å². The van der Waals surface area contributed by atoms with Crippen LogP contribution in [0.4, 0.5) is 0 Å². The minimum atomic E-state index is -0.488. The predicted molar refractivity (Wildman–Crippen MR) is 93.8 cm³/mol. The van der Waals surface area contributed by atoms with E-state index in [0.29, 0.717) is 0 Å². The second kappa shape index (κ2) is 7.73. The van der Waals surface area contributed by atoms with Crippen LogP contribution in [0.25, 0.3) is 0 Å². The first-order valence-electron chi connectivity index (χ1n) is 8.12. The third-order valence-electron chi connectivity index (χ3n) is 4.16. The van der Waals surface area contributed by atoms with Crippen LogP contribution in [0, 0.1) is 0 Å². The lowest BCUT2D eigenvalue weighted by Gasteiger charge is -2.41. The maximum Gasteiger partial charge on any atom is 0.102 e. The highest BCUT2D eigenvalue weighted by atomic mass is 16.7. The fourth-order valence-electron chi connectivity index (χ4n) is 2.65. The zero-order chi connectivity index (χ0) is 16.9. The first kappa shape index (κ1) is 17.7. The lowest BCUT2D eigenvalue weighted by atomic mass is 10.0. The molecule has 2 unspecified atom stereocenters. The fourth-order valence-corrected chi connectivity index (χ4v) is 2.65. The van der Waals surface area contributed by atoms with Gasteiger partial charge in [-0.05, 0) is 38.8 Å². The summed E-state index contributed by atoms with van der Waals surface area (Å²) in [6, 6.07) is 20.4. The molecule has 0 amide bonds. The molecule has 0 saturated carbocycles. The molecular formula is C20H27NO2. The molecule has 23 heavy (non-hydrogen) atoms. The Kier molecular flexibility index (Phi) is 5.94. The molecule has 124 valence electrons. The molecule has 2 rings (SSSR count). The largest absolute Gasteiger partial charge is 0.394 e. The molecule has 0 radical (unpaired) electrons. The van der Waals surface area contributed by atoms with Gasteiger partial charge in [-0.1, -0.05) is 60.7 Å². The van der Waals surface area contributed by atoms with Crippen molar-refractivity contribution in [1.29, 1.82) is 0 Å². The van der Waals surface area contributed by atoms with Crippen molar-refractivity contribution in [2.45, 2.75) is 45.4 Å². The first-order valence-corrected chi connectivity index (χ1v) is 8.12. The van der Waals surface area contributed by atoms with Crippen LogP contribution >= 0.6 is 0 Å². The number of aliphatic hydroxyl groups excluding tert-OH is 1. The molecule has 0 aliphatic rings. The van der Waals surface area contributed by atoms with Crippen LogP contribution in [-0.4, -0.2) is 22.3 Å². The zero-order valence-corrected chi connectivity index (χ0v) is 14.4. The van der Waals surface area contributed by atoms with E-state index in [1.165, 1.54) is 0 Å². The molecular weight excluding hydrogens is 286 g/mol. The second-order valence-corrected chi connectivity index (χ2v) is 6.54. The smallest absolute Gasteiger partial charge is 0.102 e. The summed E-state index contributed by atoms with van der Waals surface area (Å²) in [4.78, 5) is 6.28. The Morgan fingerprint density at radius 2 is 1.39 bits per heavy atom. The van der Waals surface area contributed by atoms with E-state index in [0.717, 1.165) is 11.1 Å². The molecule has 3 nitrogen and oxygen atoms in total. The number of hydroxylamine groups is 2. The van der Waals surface area contributed by atoms with Crippen LogP contribution in [0.15, 0.2) is 60.7 Å². The number of hydrogen-bond acceptors (Lipinski definition) is 3. The van der Waals surface area contributed by atoms with Gasteiger partial charge >= 0.3 is 0 Å². The summed E-state index contributed by atoms with van der Waals surface area (Å²) < 4.78 is 0. The number of nitrogens with zero attached hydrogens (tertiary/aromatic N) is 1. The molecule has 2 aromatic carbocycles. The van der Waals surface area contributed by atoms with Gasteiger partial charge in [0, 0.05) is 0 Å². The molecule has 0 fully saturated rings. The molecule has 0 bridgehead atoms. The average molecular weight is 313 g/mol. The monoisotopic (exact) mass is 313 g/mol. The molecule has 0 heterocycles. The van der Waals surface area contributed by atoms with Crippen molar-refractivity contribution in [2.75, 3.05) is 6.61 Å². The van der Waals surface area contributed by atoms with Gasteiger partial charge in [0.15, 0.2) is 0 Å². The van der Waals surface area contributed by atoms with Crippen molar-refractivity contribution in [1.82, 2.24) is 5.06 Å². The van der Waals surface area contributed by atoms with Gasteiger partial charge in [0.2, 0.25) is 0 Å². The minimum absolute atomic E-state index is 0.0195. The Labute approximate surface area is 139 Å². The van der Waals surface area contributed by atoms with Gasteiger partial charge in [0.05, 0.1) is 18.2 Å². The van der Waals surface area contributed by atoms with Gasteiger partial charge in [-0.25, -0.2) is 0 Å². The van der Waals surface area contributed by atoms with Crippen LogP contribution < -0.4 is 0 Å². The first-order chi connectivity index (χ1) is 11.0. The number of rotatable bonds is 7. The normalized spacial score (nSPS) is 14.7. The topological polar surface area (TPSA) is 32.7 Å². The number of aliphatic hydroxyl groups is 1. The van der Waals surface area contributed by atoms with Gasteiger partial charge in [0.1, 0.15) is 6.10 Å². The van der Waals surface area contributed by atoms with Crippen molar-refractivity contribution in [3.63, 3.8) is 0 Å². The molecule has 0 saturated heterocycles. The van der Waals surface area contributed by atoms with Crippen LogP contribution in [-0.2, 0) is 4.84 Å². The van der Waals surface area contributed by atoms with Crippen LogP contribution in [0.1, 0.15) is 51.0 Å². The molecule has 0 aliphatic heterocycles. The highest BCUT2D eigenvalue weighted by Gasteiger charge is 2.33. The Hall–Kier alpha value is -1.68. The van der Waals surface area contributed by atoms with E-state index in [-0.39, 0.29) is 18.8 Å². The molecule has 0 aromatic heterocycles. The van der Waals surface area contributed by atoms with E-state index >= 15 is 0 Å². The van der Waals surface area contributed by atoms with E-state index in [9.17, 15) is 5.11 Å². The van der Waals surface area contributed by atoms with Gasteiger partial charge in [-0.15, -0.1) is 0 Å². The third kappa shape index (κ3) is 4.41. The third-order valence-corrected chi connectivity index (χ3v) is 4.16. The van der Waals surface area contributed by atoms with Crippen molar-refractivity contribution in [3.8, 4) is 0 Å². The Morgan fingerprint density at radius 1 is 0.913 bits per heavy atom. The van der Waals surface area contributed by atoms with Crippen LogP contribution in [0.5, 0.6) is 0 Å². The van der Waals surface area contributed by atoms with Gasteiger partial charge in [-0.3, -0.25) is 4.84 Å². The van der Waals surface area contributed by atoms with E-state index in [1.807, 2.05) is 62.2 Å². The van der Waals surface area contributed by atoms with Crippen molar-refractivity contribution in [3.05, 3.63) is 71.8 Å². The van der Waals surface area contributed by atoms with Crippen LogP contribution in [0.2, 0.25) is 0 Å². The Bertz CT molecular complexity index is 583. The molecule has 1 N–H and O–H groups in total. The molecule has 2 atom stereocenters. The lowest BCUT2D eigenvalue weighted by Crippen LogP contribution is -2.48. The van der Waals surface area contributed by atoms with Crippen molar-refractivity contribution < 1.29 is 9.94 Å². The summed E-state index contributed by atoms with van der Waals surface area (Å²) in [6.07, 6.45) is -0.0896. The van der Waals surface area contributed by atoms with Crippen molar-refractivity contribution in [2.24, 2.45) is 0 Å². The zero-order valence-electron chi connectivity index (χ0n) is 14.4. The Balaban J connectivity index is 2.25. The van der Waals surface area contributed by atoms with E-state index < -0.39 is 5.54 Å². The summed E-state index contributed by atoms with van der Waals surface area (Å²) in [5.74, 6) is 0. The molecule has 3 heteroatoms. The molecule has 2 aromatic rings. The van der Waals surface area contributed by atoms with Gasteiger partial charge < -0.3 is 5.11 Å². The van der Waals surface area contributed by atoms with Crippen molar-refractivity contribution >= 4 is 0 Å². The second-order valence-electron chi connectivity index (χ2n) is 6.54. The highest BCUT2D eigenvalue weighted by Crippen LogP contribution is 2.32. The minimum Gasteiger partial charge on any atom is -0.394 e. The average Bonchev–Trinajstić information content (AvgIpc) is 2.60. The number of benzene rings is 2. The number of hydrogen-bond donors (Lipinski definition) is 1. The maximum absolute atomic E-state index is 9.82. The van der Waals surface area contributed by atoms with E-state index in [2.05, 4.69) is 31.2 Å². The standard InChI is InChI=1S/C20H27NO2/c1-16(18-11-7-5-8-12-18)21(20(3,4)15-22)23-17(2)19-13-9-6-10-14-19/h5-14,16-17,22H,15H2,1-4H3. The Morgan fingerprint density at radius 3 is 1.87 bits per heavy atom. The predicted octanol–water partition coefficient (Wildman–Crippen LogP) is 4.51. The van der Waals surface area contributed by atoms with Crippen LogP contribution in [0.3, 0.4) is 0 Å². The fraction of sp³-hybridized carbons (Fsp3) is 0.400. The van der Waals surface area contributed by atoms with Gasteiger partial charge in [-0.2, -0.15) is 5.06 Å². The maximum atomic E-state index is 9.82. The summed E-state index contributed by atoms with van der Waals surface area (Å²) in [5.41, 5.74) is 1.79. The SMILES string of the molecule is CC(ON(C(C)c1ccccc1)C(C)(C)CO)c1ccccc1. The molecule has 0 spiro atoms. The summed E-state index contributed by atoms with van der Waals surface area (Å²) in [5, 5.41) is 11.7. The van der Waals surface area contributed by atoms with E-state index in [4.69, 9.17) is 4.84 Å². The van der Waals surface area contributed by atoms with Gasteiger partial charge in [0.25, 0.3) is 0 Å².